The summed E-state index contributed by atoms with van der Waals surface area (Å²) in [5.74, 6) is -1.88. The summed E-state index contributed by atoms with van der Waals surface area (Å²) in [6, 6.07) is 0. The van der Waals surface area contributed by atoms with Gasteiger partial charge >= 0.3 is 5.97 Å². The van der Waals surface area contributed by atoms with Crippen molar-refractivity contribution in [1.82, 2.24) is 0 Å². The quantitative estimate of drug-likeness (QED) is 0.732. The Morgan fingerprint density at radius 1 is 1.40 bits per heavy atom. The Morgan fingerprint density at radius 3 is 2.80 bits per heavy atom. The molecule has 4 fully saturated rings. The van der Waals surface area contributed by atoms with E-state index in [0.29, 0.717) is 25.7 Å². The summed E-state index contributed by atoms with van der Waals surface area (Å²) in [6.07, 6.45) is 2.65. The smallest absolute Gasteiger partial charge is 0.309 e. The van der Waals surface area contributed by atoms with Crippen LogP contribution in [0.1, 0.15) is 45.4 Å². The third-order valence-corrected chi connectivity index (χ3v) is 5.73. The number of aliphatic hydroxyl groups is 2. The summed E-state index contributed by atoms with van der Waals surface area (Å²) in [5.41, 5.74) is -1.83. The normalized spacial score (nSPS) is 47.0. The third-order valence-electron chi connectivity index (χ3n) is 5.73. The number of ketones is 1. The van der Waals surface area contributed by atoms with Crippen LogP contribution >= 0.6 is 0 Å². The molecule has 0 radical (unpaired) electrons. The van der Waals surface area contributed by atoms with Crippen LogP contribution in [0.15, 0.2) is 0 Å². The molecule has 0 aromatic carbocycles. The molecule has 4 aliphatic rings. The van der Waals surface area contributed by atoms with Gasteiger partial charge in [-0.05, 0) is 26.2 Å². The zero-order valence-electron chi connectivity index (χ0n) is 11.8. The molecule has 4 rings (SSSR count). The largest absolute Gasteiger partial charge is 0.466 e. The van der Waals surface area contributed by atoms with Crippen LogP contribution in [0, 0.1) is 17.3 Å². The predicted molar refractivity (Wildman–Crippen MR) is 69.7 cm³/mol. The first-order valence-electron chi connectivity index (χ1n) is 7.55. The van der Waals surface area contributed by atoms with Gasteiger partial charge in [0.25, 0.3) is 0 Å². The van der Waals surface area contributed by atoms with Crippen LogP contribution in [0.3, 0.4) is 0 Å². The van der Waals surface area contributed by atoms with Crippen molar-refractivity contribution < 1.29 is 24.5 Å². The molecule has 1 spiro atoms. The van der Waals surface area contributed by atoms with Gasteiger partial charge in [0, 0.05) is 11.8 Å². The molecule has 2 N–H and O–H groups in total. The molecule has 4 aliphatic carbocycles. The van der Waals surface area contributed by atoms with Crippen molar-refractivity contribution >= 4 is 11.8 Å². The second kappa shape index (κ2) is 4.53. The van der Waals surface area contributed by atoms with Crippen molar-refractivity contribution in [3.8, 4) is 0 Å². The van der Waals surface area contributed by atoms with Crippen LogP contribution in [0.2, 0.25) is 0 Å². The van der Waals surface area contributed by atoms with Gasteiger partial charge in [0.15, 0.2) is 0 Å². The van der Waals surface area contributed by atoms with E-state index in [0.717, 1.165) is 12.8 Å². The molecule has 5 heteroatoms. The minimum absolute atomic E-state index is 0.0895. The first-order valence-corrected chi connectivity index (χ1v) is 7.55. The van der Waals surface area contributed by atoms with Gasteiger partial charge in [-0.15, -0.1) is 0 Å². The summed E-state index contributed by atoms with van der Waals surface area (Å²) >= 11 is 0. The average Bonchev–Trinajstić information content (AvgIpc) is 2.40. The van der Waals surface area contributed by atoms with Gasteiger partial charge < -0.3 is 14.9 Å². The van der Waals surface area contributed by atoms with Crippen LogP contribution in [-0.2, 0) is 14.3 Å². The molecule has 0 saturated heterocycles. The van der Waals surface area contributed by atoms with Gasteiger partial charge in [-0.3, -0.25) is 9.59 Å². The minimum Gasteiger partial charge on any atom is -0.466 e. The summed E-state index contributed by atoms with van der Waals surface area (Å²) in [5, 5.41) is 21.5. The lowest BCUT2D eigenvalue weighted by atomic mass is 9.44. The molecule has 5 nitrogen and oxygen atoms in total. The number of hydrogen-bond acceptors (Lipinski definition) is 5. The fourth-order valence-corrected chi connectivity index (χ4v) is 4.79. The van der Waals surface area contributed by atoms with E-state index in [1.165, 1.54) is 0 Å². The molecule has 0 aromatic heterocycles. The lowest BCUT2D eigenvalue weighted by molar-refractivity contribution is -0.255. The second-order valence-corrected chi connectivity index (χ2v) is 6.59. The predicted octanol–water partition coefficient (Wildman–Crippen LogP) is 0.811. The number of esters is 1. The van der Waals surface area contributed by atoms with E-state index >= 15 is 0 Å². The monoisotopic (exact) mass is 282 g/mol. The average molecular weight is 282 g/mol. The maximum absolute atomic E-state index is 12.3. The maximum Gasteiger partial charge on any atom is 0.309 e. The van der Waals surface area contributed by atoms with Crippen LogP contribution in [0.25, 0.3) is 0 Å². The summed E-state index contributed by atoms with van der Waals surface area (Å²) in [4.78, 5) is 24.4. The van der Waals surface area contributed by atoms with Crippen molar-refractivity contribution in [1.29, 1.82) is 0 Å². The van der Waals surface area contributed by atoms with Gasteiger partial charge in [0.1, 0.15) is 5.78 Å². The molecule has 0 aliphatic heterocycles. The van der Waals surface area contributed by atoms with Gasteiger partial charge in [-0.2, -0.15) is 0 Å². The Bertz CT molecular complexity index is 448. The van der Waals surface area contributed by atoms with Crippen LogP contribution in [0.5, 0.6) is 0 Å². The minimum atomic E-state index is -1.20. The summed E-state index contributed by atoms with van der Waals surface area (Å²) in [7, 11) is 0. The van der Waals surface area contributed by atoms with Crippen LogP contribution < -0.4 is 0 Å². The lowest BCUT2D eigenvalue weighted by Crippen LogP contribution is -2.72. The van der Waals surface area contributed by atoms with Crippen LogP contribution in [0.4, 0.5) is 0 Å². The topological polar surface area (TPSA) is 83.8 Å². The number of ether oxygens (including phenoxy) is 1. The highest BCUT2D eigenvalue weighted by Crippen LogP contribution is 2.62. The number of carbonyl (C=O) groups is 2. The van der Waals surface area contributed by atoms with Crippen LogP contribution in [-0.4, -0.2) is 40.3 Å². The molecule has 0 unspecified atom stereocenters. The maximum atomic E-state index is 12.3. The Kier molecular flexibility index (Phi) is 3.18. The Morgan fingerprint density at radius 2 is 2.10 bits per heavy atom. The van der Waals surface area contributed by atoms with Gasteiger partial charge in [0.05, 0.1) is 30.1 Å². The van der Waals surface area contributed by atoms with E-state index < -0.39 is 34.9 Å². The standard InChI is InChI=1S/C15H22O5/c1-2-20-13(18)9-7-14-5-3-4-6-15(14,19)12(17)11(9)10(16)8-14/h9,11-12,17,19H,2-8H2,1H3/t9-,11-,12+,14+,15+/m1/s1. The number of aliphatic hydroxyl groups excluding tert-OH is 1. The molecule has 0 heterocycles. The first-order chi connectivity index (χ1) is 9.45. The van der Waals surface area contributed by atoms with E-state index in [9.17, 15) is 19.8 Å². The summed E-state index contributed by atoms with van der Waals surface area (Å²) in [6.45, 7) is 2.00. The van der Waals surface area contributed by atoms with Crippen molar-refractivity contribution in [2.45, 2.75) is 57.2 Å². The number of fused-ring (bicyclic) bond motifs is 2. The molecule has 0 aromatic rings. The second-order valence-electron chi connectivity index (χ2n) is 6.59. The van der Waals surface area contributed by atoms with E-state index in [2.05, 4.69) is 0 Å². The Balaban J connectivity index is 1.99. The molecular formula is C15H22O5. The molecule has 4 saturated carbocycles. The van der Waals surface area contributed by atoms with E-state index in [1.807, 2.05) is 0 Å². The van der Waals surface area contributed by atoms with Gasteiger partial charge in [0.2, 0.25) is 0 Å². The fraction of sp³-hybridized carbons (Fsp3) is 0.867. The highest BCUT2D eigenvalue weighted by atomic mass is 16.5. The number of Topliss-reactive ketones (excluding diaryl/α,β-unsaturated/α-hetero) is 1. The van der Waals surface area contributed by atoms with E-state index in [-0.39, 0.29) is 12.4 Å². The highest BCUT2D eigenvalue weighted by Gasteiger charge is 2.69. The molecule has 5 atom stereocenters. The Labute approximate surface area is 118 Å². The number of hydrogen-bond donors (Lipinski definition) is 2. The van der Waals surface area contributed by atoms with Crippen molar-refractivity contribution in [3.63, 3.8) is 0 Å². The first kappa shape index (κ1) is 14.0. The molecule has 0 amide bonds. The van der Waals surface area contributed by atoms with E-state index in [4.69, 9.17) is 4.74 Å². The van der Waals surface area contributed by atoms with Crippen molar-refractivity contribution in [2.75, 3.05) is 6.61 Å². The fourth-order valence-electron chi connectivity index (χ4n) is 4.79. The molecule has 112 valence electrons. The molecule has 20 heavy (non-hydrogen) atoms. The Hall–Kier alpha value is -0.940. The zero-order valence-corrected chi connectivity index (χ0v) is 11.8. The van der Waals surface area contributed by atoms with Gasteiger partial charge in [-0.1, -0.05) is 12.8 Å². The third kappa shape index (κ3) is 1.62. The van der Waals surface area contributed by atoms with Crippen molar-refractivity contribution in [2.24, 2.45) is 17.3 Å². The molecular weight excluding hydrogens is 260 g/mol. The van der Waals surface area contributed by atoms with Gasteiger partial charge in [-0.25, -0.2) is 0 Å². The lowest BCUT2D eigenvalue weighted by Gasteiger charge is -2.63. The SMILES string of the molecule is CCOC(=O)[C@@H]1C[C@]23CCCC[C@]2(O)[C@@H](O)[C@H]1C(=O)C3. The zero-order chi connectivity index (χ0) is 14.5. The molecule has 2 bridgehead atoms. The number of carbonyl (C=O) groups excluding carboxylic acids is 2. The summed E-state index contributed by atoms with van der Waals surface area (Å²) < 4.78 is 5.06. The number of rotatable bonds is 2. The highest BCUT2D eigenvalue weighted by molar-refractivity contribution is 5.91. The van der Waals surface area contributed by atoms with Crippen molar-refractivity contribution in [3.05, 3.63) is 0 Å². The van der Waals surface area contributed by atoms with E-state index in [1.54, 1.807) is 6.92 Å².